The minimum absolute atomic E-state index is 0.00969. The van der Waals surface area contributed by atoms with Crippen LogP contribution in [0.15, 0.2) is 47.2 Å². The molecule has 20 heavy (non-hydrogen) atoms. The Morgan fingerprint density at radius 1 is 1.30 bits per heavy atom. The first-order chi connectivity index (χ1) is 9.65. The molecular formula is C15H17BrFN3. The first-order valence-corrected chi connectivity index (χ1v) is 7.27. The highest BCUT2D eigenvalue weighted by atomic mass is 79.9. The SMILES string of the molecule is CCN(c1ccc(F)cc1)C(CN)c1cncc(Br)c1. The fourth-order valence-corrected chi connectivity index (χ4v) is 2.65. The fourth-order valence-electron chi connectivity index (χ4n) is 2.27. The average Bonchev–Trinajstić information content (AvgIpc) is 2.46. The molecule has 0 saturated carbocycles. The summed E-state index contributed by atoms with van der Waals surface area (Å²) in [5.41, 5.74) is 7.92. The number of nitrogens with two attached hydrogens (primary N) is 1. The Labute approximate surface area is 126 Å². The zero-order valence-electron chi connectivity index (χ0n) is 11.3. The van der Waals surface area contributed by atoms with Gasteiger partial charge in [-0.25, -0.2) is 4.39 Å². The number of anilines is 1. The molecule has 0 amide bonds. The van der Waals surface area contributed by atoms with E-state index in [0.29, 0.717) is 6.54 Å². The number of halogens is 2. The molecule has 0 fully saturated rings. The van der Waals surface area contributed by atoms with E-state index in [0.717, 1.165) is 22.3 Å². The Hall–Kier alpha value is -1.46. The van der Waals surface area contributed by atoms with Gasteiger partial charge in [0, 0.05) is 35.6 Å². The van der Waals surface area contributed by atoms with Crippen LogP contribution in [-0.4, -0.2) is 18.1 Å². The minimum atomic E-state index is -0.238. The molecule has 1 aromatic heterocycles. The van der Waals surface area contributed by atoms with E-state index in [4.69, 9.17) is 5.73 Å². The number of rotatable bonds is 5. The van der Waals surface area contributed by atoms with E-state index in [1.165, 1.54) is 12.1 Å². The highest BCUT2D eigenvalue weighted by Gasteiger charge is 2.18. The van der Waals surface area contributed by atoms with Crippen molar-refractivity contribution in [2.75, 3.05) is 18.0 Å². The van der Waals surface area contributed by atoms with Crippen molar-refractivity contribution in [1.29, 1.82) is 0 Å². The van der Waals surface area contributed by atoms with Gasteiger partial charge in [0.25, 0.3) is 0 Å². The van der Waals surface area contributed by atoms with Gasteiger partial charge in [-0.1, -0.05) is 0 Å². The standard InChI is InChI=1S/C15H17BrFN3/c1-2-20(14-5-3-13(17)4-6-14)15(8-18)11-7-12(16)10-19-9-11/h3-7,9-10,15H,2,8,18H2,1H3. The third kappa shape index (κ3) is 3.35. The second-order valence-corrected chi connectivity index (χ2v) is 5.37. The van der Waals surface area contributed by atoms with Gasteiger partial charge in [-0.05, 0) is 58.7 Å². The van der Waals surface area contributed by atoms with Crippen LogP contribution in [0.25, 0.3) is 0 Å². The normalized spacial score (nSPS) is 12.2. The monoisotopic (exact) mass is 337 g/mol. The van der Waals surface area contributed by atoms with Crippen molar-refractivity contribution in [1.82, 2.24) is 4.98 Å². The second-order valence-electron chi connectivity index (χ2n) is 4.45. The number of likely N-dealkylation sites (N-methyl/N-ethyl adjacent to an activating group) is 1. The number of pyridine rings is 1. The van der Waals surface area contributed by atoms with Gasteiger partial charge < -0.3 is 10.6 Å². The summed E-state index contributed by atoms with van der Waals surface area (Å²) in [7, 11) is 0. The smallest absolute Gasteiger partial charge is 0.123 e. The maximum Gasteiger partial charge on any atom is 0.123 e. The summed E-state index contributed by atoms with van der Waals surface area (Å²) in [5.74, 6) is -0.238. The number of aromatic nitrogens is 1. The molecule has 0 saturated heterocycles. The summed E-state index contributed by atoms with van der Waals surface area (Å²) in [6.07, 6.45) is 3.56. The number of hydrogen-bond acceptors (Lipinski definition) is 3. The average molecular weight is 338 g/mol. The van der Waals surface area contributed by atoms with Crippen molar-refractivity contribution in [3.05, 3.63) is 58.6 Å². The maximum atomic E-state index is 13.1. The zero-order chi connectivity index (χ0) is 14.5. The summed E-state index contributed by atoms with van der Waals surface area (Å²) >= 11 is 3.43. The summed E-state index contributed by atoms with van der Waals surface area (Å²) in [6.45, 7) is 3.29. The van der Waals surface area contributed by atoms with Crippen LogP contribution in [0.4, 0.5) is 10.1 Å². The lowest BCUT2D eigenvalue weighted by Gasteiger charge is -2.32. The molecule has 2 rings (SSSR count). The van der Waals surface area contributed by atoms with Crippen LogP contribution >= 0.6 is 15.9 Å². The highest BCUT2D eigenvalue weighted by Crippen LogP contribution is 2.27. The van der Waals surface area contributed by atoms with E-state index < -0.39 is 0 Å². The van der Waals surface area contributed by atoms with E-state index in [2.05, 4.69) is 32.7 Å². The fraction of sp³-hybridized carbons (Fsp3) is 0.267. The number of hydrogen-bond donors (Lipinski definition) is 1. The van der Waals surface area contributed by atoms with Crippen LogP contribution in [0.1, 0.15) is 18.5 Å². The first-order valence-electron chi connectivity index (χ1n) is 6.48. The Kier molecular flexibility index (Phi) is 5.09. The molecular weight excluding hydrogens is 321 g/mol. The topological polar surface area (TPSA) is 42.1 Å². The van der Waals surface area contributed by atoms with E-state index >= 15 is 0 Å². The van der Waals surface area contributed by atoms with E-state index in [1.54, 1.807) is 18.3 Å². The van der Waals surface area contributed by atoms with Gasteiger partial charge in [0.05, 0.1) is 6.04 Å². The molecule has 0 bridgehead atoms. The van der Waals surface area contributed by atoms with Gasteiger partial charge >= 0.3 is 0 Å². The molecule has 1 atom stereocenters. The molecule has 3 nitrogen and oxygen atoms in total. The quantitative estimate of drug-likeness (QED) is 0.907. The Bertz CT molecular complexity index is 559. The molecule has 0 aliphatic carbocycles. The van der Waals surface area contributed by atoms with Gasteiger partial charge in [-0.15, -0.1) is 0 Å². The molecule has 5 heteroatoms. The molecule has 1 aromatic carbocycles. The lowest BCUT2D eigenvalue weighted by Crippen LogP contribution is -2.33. The largest absolute Gasteiger partial charge is 0.363 e. The predicted octanol–water partition coefficient (Wildman–Crippen LogP) is 3.51. The van der Waals surface area contributed by atoms with Crippen molar-refractivity contribution in [2.45, 2.75) is 13.0 Å². The third-order valence-corrected chi connectivity index (χ3v) is 3.64. The first kappa shape index (κ1) is 14.9. The van der Waals surface area contributed by atoms with E-state index in [1.807, 2.05) is 12.3 Å². The molecule has 2 aromatic rings. The molecule has 2 N–H and O–H groups in total. The van der Waals surface area contributed by atoms with Crippen molar-refractivity contribution >= 4 is 21.6 Å². The summed E-state index contributed by atoms with van der Waals surface area (Å²) < 4.78 is 14.0. The van der Waals surface area contributed by atoms with Crippen LogP contribution in [0.5, 0.6) is 0 Å². The molecule has 0 spiro atoms. The van der Waals surface area contributed by atoms with Crippen molar-refractivity contribution in [3.63, 3.8) is 0 Å². The zero-order valence-corrected chi connectivity index (χ0v) is 12.8. The van der Waals surface area contributed by atoms with Crippen LogP contribution < -0.4 is 10.6 Å². The minimum Gasteiger partial charge on any atom is -0.363 e. The summed E-state index contributed by atoms with van der Waals surface area (Å²) in [4.78, 5) is 6.33. The summed E-state index contributed by atoms with van der Waals surface area (Å²) in [6, 6.07) is 8.49. The van der Waals surface area contributed by atoms with Crippen molar-refractivity contribution in [2.24, 2.45) is 5.73 Å². The Morgan fingerprint density at radius 2 is 2.00 bits per heavy atom. The van der Waals surface area contributed by atoms with Gasteiger partial charge in [-0.3, -0.25) is 4.98 Å². The number of benzene rings is 1. The van der Waals surface area contributed by atoms with E-state index in [-0.39, 0.29) is 11.9 Å². The highest BCUT2D eigenvalue weighted by molar-refractivity contribution is 9.10. The lowest BCUT2D eigenvalue weighted by atomic mass is 10.1. The Morgan fingerprint density at radius 3 is 2.55 bits per heavy atom. The third-order valence-electron chi connectivity index (χ3n) is 3.21. The molecule has 0 aliphatic rings. The van der Waals surface area contributed by atoms with Crippen molar-refractivity contribution in [3.8, 4) is 0 Å². The van der Waals surface area contributed by atoms with Gasteiger partial charge in [0.1, 0.15) is 5.82 Å². The predicted molar refractivity (Wildman–Crippen MR) is 83.2 cm³/mol. The Balaban J connectivity index is 2.34. The van der Waals surface area contributed by atoms with Gasteiger partial charge in [0.15, 0.2) is 0 Å². The lowest BCUT2D eigenvalue weighted by molar-refractivity contribution is 0.621. The van der Waals surface area contributed by atoms with Gasteiger partial charge in [0.2, 0.25) is 0 Å². The van der Waals surface area contributed by atoms with Crippen molar-refractivity contribution < 1.29 is 4.39 Å². The van der Waals surface area contributed by atoms with E-state index in [9.17, 15) is 4.39 Å². The molecule has 0 radical (unpaired) electrons. The molecule has 1 unspecified atom stereocenters. The van der Waals surface area contributed by atoms with Crippen LogP contribution in [-0.2, 0) is 0 Å². The second kappa shape index (κ2) is 6.81. The van der Waals surface area contributed by atoms with Crippen LogP contribution in [0.2, 0.25) is 0 Å². The van der Waals surface area contributed by atoms with Crippen LogP contribution in [0.3, 0.4) is 0 Å². The number of nitrogens with zero attached hydrogens (tertiary/aromatic N) is 2. The molecule has 0 aliphatic heterocycles. The summed E-state index contributed by atoms with van der Waals surface area (Å²) in [5, 5.41) is 0. The molecule has 1 heterocycles. The molecule has 106 valence electrons. The van der Waals surface area contributed by atoms with Crippen LogP contribution in [0, 0.1) is 5.82 Å². The maximum absolute atomic E-state index is 13.1. The van der Waals surface area contributed by atoms with Gasteiger partial charge in [-0.2, -0.15) is 0 Å².